The Labute approximate surface area is 247 Å². The molecular formula is C32H29ClN4O5. The molecule has 1 spiro atoms. The number of carbonyl (C=O) groups is 3. The summed E-state index contributed by atoms with van der Waals surface area (Å²) in [6.45, 7) is 0.181. The highest BCUT2D eigenvalue weighted by molar-refractivity contribution is 6.31. The highest BCUT2D eigenvalue weighted by Crippen LogP contribution is 2.54. The number of anilines is 1. The van der Waals surface area contributed by atoms with E-state index < -0.39 is 23.4 Å². The molecule has 3 aliphatic rings. The molecule has 0 aliphatic carbocycles. The highest BCUT2D eigenvalue weighted by Gasteiger charge is 2.70. The molecule has 9 nitrogen and oxygen atoms in total. The summed E-state index contributed by atoms with van der Waals surface area (Å²) in [6.07, 6.45) is 2.82. The standard InChI is InChI=1S/C32H29ClN4O5/c1-41-25-10-7-17(13-26(25)42-2)11-12-37-29(38)27-24(14-18-16-34-22-6-4-3-5-20(18)22)36-32(28(27)30(37)39)21-15-19(33)8-9-23(21)35-31(32)40/h3-10,13,15-16,24,27-28,34,36H,11-12,14H2,1-2H3,(H,35,40)/t24-,27+,28+,32-/m0/s1. The molecule has 0 radical (unpaired) electrons. The van der Waals surface area contributed by atoms with Gasteiger partial charge in [0.25, 0.3) is 0 Å². The van der Waals surface area contributed by atoms with Crippen molar-refractivity contribution in [3.8, 4) is 11.5 Å². The number of aromatic nitrogens is 1. The zero-order chi connectivity index (χ0) is 29.2. The summed E-state index contributed by atoms with van der Waals surface area (Å²) in [6, 6.07) is 18.2. The van der Waals surface area contributed by atoms with Crippen molar-refractivity contribution in [2.75, 3.05) is 26.1 Å². The maximum atomic E-state index is 14.2. The number of imide groups is 1. The fourth-order valence-corrected chi connectivity index (χ4v) is 7.22. The van der Waals surface area contributed by atoms with Crippen molar-refractivity contribution in [3.63, 3.8) is 0 Å². The lowest BCUT2D eigenvalue weighted by atomic mass is 9.76. The number of nitrogens with zero attached hydrogens (tertiary/aromatic N) is 1. The number of likely N-dealkylation sites (tertiary alicyclic amines) is 1. The van der Waals surface area contributed by atoms with Crippen LogP contribution in [0.2, 0.25) is 5.02 Å². The van der Waals surface area contributed by atoms with Gasteiger partial charge in [0, 0.05) is 46.0 Å². The smallest absolute Gasteiger partial charge is 0.250 e. The molecule has 0 saturated carbocycles. The highest BCUT2D eigenvalue weighted by atomic mass is 35.5. The van der Waals surface area contributed by atoms with Crippen molar-refractivity contribution in [1.29, 1.82) is 0 Å². The lowest BCUT2D eigenvalue weighted by Crippen LogP contribution is -2.53. The fourth-order valence-electron chi connectivity index (χ4n) is 7.04. The number of para-hydroxylation sites is 1. The van der Waals surface area contributed by atoms with Crippen molar-refractivity contribution < 1.29 is 23.9 Å². The molecule has 3 N–H and O–H groups in total. The number of rotatable bonds is 7. The average molecular weight is 585 g/mol. The van der Waals surface area contributed by atoms with Crippen molar-refractivity contribution in [3.05, 3.63) is 88.6 Å². The zero-order valence-electron chi connectivity index (χ0n) is 23.1. The van der Waals surface area contributed by atoms with Gasteiger partial charge < -0.3 is 19.8 Å². The monoisotopic (exact) mass is 584 g/mol. The minimum atomic E-state index is -1.41. The Bertz CT molecular complexity index is 1770. The lowest BCUT2D eigenvalue weighted by Gasteiger charge is -2.29. The second-order valence-corrected chi connectivity index (χ2v) is 11.5. The molecule has 0 unspecified atom stereocenters. The largest absolute Gasteiger partial charge is 0.493 e. The van der Waals surface area contributed by atoms with E-state index in [-0.39, 0.29) is 24.3 Å². The van der Waals surface area contributed by atoms with E-state index in [1.807, 2.05) is 42.6 Å². The molecular weight excluding hydrogens is 556 g/mol. The van der Waals surface area contributed by atoms with Gasteiger partial charge in [-0.1, -0.05) is 35.9 Å². The Balaban J connectivity index is 1.26. The van der Waals surface area contributed by atoms with Gasteiger partial charge in [-0.2, -0.15) is 0 Å². The van der Waals surface area contributed by atoms with Gasteiger partial charge in [0.2, 0.25) is 17.7 Å². The first-order chi connectivity index (χ1) is 20.3. The summed E-state index contributed by atoms with van der Waals surface area (Å²) in [7, 11) is 3.13. The van der Waals surface area contributed by atoms with Crippen LogP contribution in [0.25, 0.3) is 10.9 Å². The number of carbonyl (C=O) groups excluding carboxylic acids is 3. The third-order valence-corrected chi connectivity index (χ3v) is 9.19. The maximum absolute atomic E-state index is 14.2. The van der Waals surface area contributed by atoms with Gasteiger partial charge in [0.15, 0.2) is 11.5 Å². The molecule has 7 rings (SSSR count). The number of ether oxygens (including phenoxy) is 2. The molecule has 1 aromatic heterocycles. The van der Waals surface area contributed by atoms with E-state index in [1.165, 1.54) is 4.90 Å². The van der Waals surface area contributed by atoms with Crippen molar-refractivity contribution >= 4 is 45.9 Å². The summed E-state index contributed by atoms with van der Waals surface area (Å²) >= 11 is 6.40. The number of aromatic amines is 1. The van der Waals surface area contributed by atoms with Crippen LogP contribution in [0.3, 0.4) is 0 Å². The van der Waals surface area contributed by atoms with Gasteiger partial charge in [0.1, 0.15) is 5.54 Å². The summed E-state index contributed by atoms with van der Waals surface area (Å²) in [5.74, 6) is -1.45. The maximum Gasteiger partial charge on any atom is 0.250 e. The van der Waals surface area contributed by atoms with Crippen LogP contribution < -0.4 is 20.1 Å². The summed E-state index contributed by atoms with van der Waals surface area (Å²) in [4.78, 5) is 46.8. The number of halogens is 1. The number of fused-ring (bicyclic) bond motifs is 5. The fraction of sp³-hybridized carbons (Fsp3) is 0.281. The lowest BCUT2D eigenvalue weighted by molar-refractivity contribution is -0.142. The van der Waals surface area contributed by atoms with Crippen LogP contribution in [0.1, 0.15) is 16.7 Å². The zero-order valence-corrected chi connectivity index (χ0v) is 23.8. The normalized spacial score (nSPS) is 24.4. The van der Waals surface area contributed by atoms with Gasteiger partial charge in [0.05, 0.1) is 26.1 Å². The molecule has 214 valence electrons. The molecule has 2 fully saturated rings. The van der Waals surface area contributed by atoms with Gasteiger partial charge in [-0.15, -0.1) is 0 Å². The molecule has 3 aliphatic heterocycles. The van der Waals surface area contributed by atoms with E-state index in [4.69, 9.17) is 21.1 Å². The number of methoxy groups -OCH3 is 2. The Morgan fingerprint density at radius 2 is 1.76 bits per heavy atom. The Kier molecular flexibility index (Phi) is 6.25. The molecule has 4 atom stereocenters. The van der Waals surface area contributed by atoms with E-state index in [2.05, 4.69) is 15.6 Å². The van der Waals surface area contributed by atoms with Gasteiger partial charge in [-0.25, -0.2) is 0 Å². The number of hydrogen-bond acceptors (Lipinski definition) is 6. The van der Waals surface area contributed by atoms with E-state index >= 15 is 0 Å². The molecule has 3 aromatic carbocycles. The summed E-state index contributed by atoms with van der Waals surface area (Å²) in [5, 5.41) is 7.93. The third-order valence-electron chi connectivity index (χ3n) is 8.96. The van der Waals surface area contributed by atoms with Crippen LogP contribution in [0.4, 0.5) is 5.69 Å². The van der Waals surface area contributed by atoms with Crippen LogP contribution in [0, 0.1) is 11.8 Å². The second kappa shape index (κ2) is 9.89. The first-order valence-corrected chi connectivity index (χ1v) is 14.2. The van der Waals surface area contributed by atoms with E-state index in [0.29, 0.717) is 40.6 Å². The van der Waals surface area contributed by atoms with E-state index in [0.717, 1.165) is 22.0 Å². The summed E-state index contributed by atoms with van der Waals surface area (Å²) in [5.41, 5.74) is 2.66. The minimum absolute atomic E-state index is 0.181. The molecule has 2 saturated heterocycles. The predicted molar refractivity (Wildman–Crippen MR) is 158 cm³/mol. The van der Waals surface area contributed by atoms with Gasteiger partial charge >= 0.3 is 0 Å². The van der Waals surface area contributed by atoms with Crippen LogP contribution in [-0.2, 0) is 32.8 Å². The number of nitrogens with one attached hydrogen (secondary N) is 3. The molecule has 4 aromatic rings. The SMILES string of the molecule is COc1ccc(CCN2C(=O)[C@@H]3[C@H](Cc4c[nH]c5ccccc45)N[C@]4(C(=O)Nc5ccc(Cl)cc54)[C@H]3C2=O)cc1OC. The van der Waals surface area contributed by atoms with E-state index in [1.54, 1.807) is 38.5 Å². The first kappa shape index (κ1) is 26.6. The second-order valence-electron chi connectivity index (χ2n) is 11.0. The molecule has 4 heterocycles. The van der Waals surface area contributed by atoms with Crippen LogP contribution in [-0.4, -0.2) is 54.4 Å². The minimum Gasteiger partial charge on any atom is -0.493 e. The Hall–Kier alpha value is -4.34. The summed E-state index contributed by atoms with van der Waals surface area (Å²) < 4.78 is 10.8. The molecule has 42 heavy (non-hydrogen) atoms. The topological polar surface area (TPSA) is 113 Å². The molecule has 0 bridgehead atoms. The number of amides is 3. The van der Waals surface area contributed by atoms with Crippen molar-refractivity contribution in [2.45, 2.75) is 24.4 Å². The van der Waals surface area contributed by atoms with E-state index in [9.17, 15) is 14.4 Å². The molecule has 10 heteroatoms. The predicted octanol–water partition coefficient (Wildman–Crippen LogP) is 4.04. The number of H-pyrrole nitrogens is 1. The van der Waals surface area contributed by atoms with Gasteiger partial charge in [-0.05, 0) is 60.4 Å². The van der Waals surface area contributed by atoms with Gasteiger partial charge in [-0.3, -0.25) is 24.6 Å². The molecule has 3 amide bonds. The number of hydrogen-bond donors (Lipinski definition) is 3. The average Bonchev–Trinajstić information content (AvgIpc) is 3.71. The van der Waals surface area contributed by atoms with Crippen molar-refractivity contribution in [2.24, 2.45) is 11.8 Å². The third kappa shape index (κ3) is 3.84. The van der Waals surface area contributed by atoms with Crippen LogP contribution >= 0.6 is 11.6 Å². The van der Waals surface area contributed by atoms with Crippen LogP contribution in [0.15, 0.2) is 66.9 Å². The first-order valence-electron chi connectivity index (χ1n) is 13.9. The van der Waals surface area contributed by atoms with Crippen molar-refractivity contribution in [1.82, 2.24) is 15.2 Å². The number of benzene rings is 3. The Morgan fingerprint density at radius 1 is 0.952 bits per heavy atom. The Morgan fingerprint density at radius 3 is 2.57 bits per heavy atom. The van der Waals surface area contributed by atoms with Crippen LogP contribution in [0.5, 0.6) is 11.5 Å². The quantitative estimate of drug-likeness (QED) is 0.283.